The molecule has 0 bridgehead atoms. The highest BCUT2D eigenvalue weighted by molar-refractivity contribution is 7.85. The molecule has 25 heavy (non-hydrogen) atoms. The summed E-state index contributed by atoms with van der Waals surface area (Å²) in [5.74, 6) is 0.300. The Morgan fingerprint density at radius 1 is 0.960 bits per heavy atom. The molecule has 5 heteroatoms. The normalized spacial score (nSPS) is 11.3. The third-order valence-electron chi connectivity index (χ3n) is 3.91. The maximum Gasteiger partial charge on any atom is 0.174 e. The van der Waals surface area contributed by atoms with Gasteiger partial charge in [0, 0.05) is 16.7 Å². The van der Waals surface area contributed by atoms with E-state index in [-0.39, 0.29) is 16.1 Å². The Morgan fingerprint density at radius 3 is 1.96 bits per heavy atom. The molecular formula is C20H18ClO3P. The molecule has 0 heterocycles. The zero-order chi connectivity index (χ0) is 17.9. The van der Waals surface area contributed by atoms with Crippen molar-refractivity contribution in [1.29, 1.82) is 0 Å². The molecule has 3 aromatic carbocycles. The van der Waals surface area contributed by atoms with Crippen molar-refractivity contribution in [1.82, 2.24) is 0 Å². The zero-order valence-electron chi connectivity index (χ0n) is 13.7. The van der Waals surface area contributed by atoms with Gasteiger partial charge in [0.15, 0.2) is 7.14 Å². The lowest BCUT2D eigenvalue weighted by Crippen LogP contribution is -2.25. The van der Waals surface area contributed by atoms with Gasteiger partial charge in [-0.3, -0.25) is 0 Å². The third kappa shape index (κ3) is 3.30. The van der Waals surface area contributed by atoms with E-state index in [1.54, 1.807) is 30.3 Å². The minimum Gasteiger partial charge on any atom is -0.506 e. The first-order valence-corrected chi connectivity index (χ1v) is 10.0. The van der Waals surface area contributed by atoms with Gasteiger partial charge in [0.2, 0.25) is 0 Å². The summed E-state index contributed by atoms with van der Waals surface area (Å²) in [6.45, 7) is 2.30. The van der Waals surface area contributed by atoms with Crippen molar-refractivity contribution < 1.29 is 14.4 Å². The summed E-state index contributed by atoms with van der Waals surface area (Å²) in [5.41, 5.74) is 0. The van der Waals surface area contributed by atoms with Gasteiger partial charge < -0.3 is 14.4 Å². The van der Waals surface area contributed by atoms with Crippen molar-refractivity contribution in [3.8, 4) is 11.5 Å². The van der Waals surface area contributed by atoms with Crippen LogP contribution in [0.4, 0.5) is 0 Å². The molecule has 1 N–H and O–H groups in total. The van der Waals surface area contributed by atoms with E-state index in [9.17, 15) is 9.67 Å². The molecule has 0 aliphatic heterocycles. The second-order valence-corrected chi connectivity index (χ2v) is 8.63. The van der Waals surface area contributed by atoms with Gasteiger partial charge in [-0.15, -0.1) is 0 Å². The highest BCUT2D eigenvalue weighted by Gasteiger charge is 2.33. The second kappa shape index (κ2) is 7.35. The molecule has 0 saturated heterocycles. The van der Waals surface area contributed by atoms with Gasteiger partial charge in [0.1, 0.15) is 11.5 Å². The van der Waals surface area contributed by atoms with Crippen molar-refractivity contribution in [2.75, 3.05) is 6.61 Å². The lowest BCUT2D eigenvalue weighted by molar-refractivity contribution is 0.340. The van der Waals surface area contributed by atoms with Crippen LogP contribution in [-0.4, -0.2) is 11.7 Å². The average molecular weight is 373 g/mol. The molecule has 0 aliphatic rings. The fraction of sp³-hybridized carbons (Fsp3) is 0.100. The summed E-state index contributed by atoms with van der Waals surface area (Å²) in [7, 11) is -3.31. The van der Waals surface area contributed by atoms with Crippen LogP contribution in [0.1, 0.15) is 6.92 Å². The van der Waals surface area contributed by atoms with Gasteiger partial charge in [-0.2, -0.15) is 0 Å². The first kappa shape index (κ1) is 17.6. The van der Waals surface area contributed by atoms with Gasteiger partial charge in [0.05, 0.1) is 16.9 Å². The van der Waals surface area contributed by atoms with E-state index >= 15 is 0 Å². The van der Waals surface area contributed by atoms with Gasteiger partial charge in [-0.05, 0) is 13.0 Å². The topological polar surface area (TPSA) is 46.5 Å². The Balaban J connectivity index is 2.33. The van der Waals surface area contributed by atoms with Crippen molar-refractivity contribution in [3.63, 3.8) is 0 Å². The first-order chi connectivity index (χ1) is 12.1. The number of hydrogen-bond donors (Lipinski definition) is 1. The van der Waals surface area contributed by atoms with E-state index in [0.717, 1.165) is 0 Å². The molecule has 0 aliphatic carbocycles. The Morgan fingerprint density at radius 2 is 1.48 bits per heavy atom. The summed E-state index contributed by atoms with van der Waals surface area (Å²) >= 11 is 6.18. The summed E-state index contributed by atoms with van der Waals surface area (Å²) in [6, 6.07) is 21.4. The summed E-state index contributed by atoms with van der Waals surface area (Å²) < 4.78 is 19.8. The maximum absolute atomic E-state index is 14.3. The minimum absolute atomic E-state index is 0.119. The van der Waals surface area contributed by atoms with E-state index < -0.39 is 7.14 Å². The van der Waals surface area contributed by atoms with Crippen LogP contribution in [0.15, 0.2) is 72.8 Å². The molecular weight excluding hydrogens is 355 g/mol. The Hall–Kier alpha value is -2.22. The monoisotopic (exact) mass is 372 g/mol. The van der Waals surface area contributed by atoms with Crippen LogP contribution in [0.5, 0.6) is 11.5 Å². The SMILES string of the molecule is CCOc1cc(Cl)c(O)c(P(=O)(c2ccccc2)c2ccccc2)c1. The average Bonchev–Trinajstić information content (AvgIpc) is 2.65. The first-order valence-electron chi connectivity index (χ1n) is 7.94. The van der Waals surface area contributed by atoms with Gasteiger partial charge in [-0.25, -0.2) is 0 Å². The van der Waals surface area contributed by atoms with Crippen LogP contribution in [0, 0.1) is 0 Å². The van der Waals surface area contributed by atoms with Crippen molar-refractivity contribution >= 4 is 34.7 Å². The zero-order valence-corrected chi connectivity index (χ0v) is 15.4. The van der Waals surface area contributed by atoms with E-state index in [1.807, 2.05) is 43.3 Å². The van der Waals surface area contributed by atoms with E-state index in [1.165, 1.54) is 6.07 Å². The van der Waals surface area contributed by atoms with Gasteiger partial charge >= 0.3 is 0 Å². The molecule has 0 spiro atoms. The van der Waals surface area contributed by atoms with E-state index in [4.69, 9.17) is 16.3 Å². The van der Waals surface area contributed by atoms with E-state index in [2.05, 4.69) is 0 Å². The molecule has 3 rings (SSSR count). The smallest absolute Gasteiger partial charge is 0.174 e. The largest absolute Gasteiger partial charge is 0.506 e. The molecule has 0 unspecified atom stereocenters. The minimum atomic E-state index is -3.31. The number of rotatable bonds is 5. The molecule has 0 atom stereocenters. The highest BCUT2D eigenvalue weighted by atomic mass is 35.5. The lowest BCUT2D eigenvalue weighted by Gasteiger charge is -2.22. The van der Waals surface area contributed by atoms with E-state index in [0.29, 0.717) is 23.0 Å². The van der Waals surface area contributed by atoms with Crippen LogP contribution in [0.3, 0.4) is 0 Å². The van der Waals surface area contributed by atoms with Crippen molar-refractivity contribution in [3.05, 3.63) is 77.8 Å². The number of ether oxygens (including phenoxy) is 1. The summed E-state index contributed by atoms with van der Waals surface area (Å²) in [5, 5.41) is 12.2. The number of halogens is 1. The van der Waals surface area contributed by atoms with Crippen LogP contribution >= 0.6 is 18.7 Å². The third-order valence-corrected chi connectivity index (χ3v) is 7.26. The second-order valence-electron chi connectivity index (χ2n) is 5.49. The number of aromatic hydroxyl groups is 1. The fourth-order valence-electron chi connectivity index (χ4n) is 2.75. The maximum atomic E-state index is 14.3. The number of hydrogen-bond acceptors (Lipinski definition) is 3. The Bertz CT molecular complexity index is 867. The predicted octanol–water partition coefficient (Wildman–Crippen LogP) is 4.08. The summed E-state index contributed by atoms with van der Waals surface area (Å²) in [6.07, 6.45) is 0. The van der Waals surface area contributed by atoms with Crippen LogP contribution in [0.2, 0.25) is 5.02 Å². The molecule has 3 aromatic rings. The molecule has 0 aromatic heterocycles. The molecule has 128 valence electrons. The van der Waals surface area contributed by atoms with Gasteiger partial charge in [0.25, 0.3) is 0 Å². The molecule has 0 fully saturated rings. The van der Waals surface area contributed by atoms with Crippen LogP contribution < -0.4 is 20.7 Å². The molecule has 0 radical (unpaired) electrons. The Labute approximate surface area is 152 Å². The highest BCUT2D eigenvalue weighted by Crippen LogP contribution is 2.47. The Kier molecular flexibility index (Phi) is 5.17. The molecule has 3 nitrogen and oxygen atoms in total. The number of benzene rings is 3. The van der Waals surface area contributed by atoms with Crippen LogP contribution in [-0.2, 0) is 4.57 Å². The summed E-state index contributed by atoms with van der Waals surface area (Å²) in [4.78, 5) is 0. The number of phenols is 1. The van der Waals surface area contributed by atoms with Crippen molar-refractivity contribution in [2.24, 2.45) is 0 Å². The standard InChI is InChI=1S/C20H18ClO3P/c1-2-24-15-13-18(21)20(22)19(14-15)25(23,16-9-5-3-6-10-16)17-11-7-4-8-12-17/h3-14,22H,2H2,1H3. The van der Waals surface area contributed by atoms with Crippen LogP contribution in [0.25, 0.3) is 0 Å². The molecule has 0 saturated carbocycles. The fourth-order valence-corrected chi connectivity index (χ4v) is 5.79. The number of phenolic OH excluding ortho intramolecular Hbond substituents is 1. The van der Waals surface area contributed by atoms with Crippen molar-refractivity contribution in [2.45, 2.75) is 6.92 Å². The molecule has 0 amide bonds. The van der Waals surface area contributed by atoms with Gasteiger partial charge in [-0.1, -0.05) is 72.3 Å². The lowest BCUT2D eigenvalue weighted by atomic mass is 10.3. The predicted molar refractivity (Wildman–Crippen MR) is 104 cm³/mol. The quantitative estimate of drug-likeness (QED) is 0.686.